The smallest absolute Gasteiger partial charge is 0.338 e. The molecule has 0 saturated heterocycles. The van der Waals surface area contributed by atoms with E-state index in [9.17, 15) is 4.79 Å². The minimum absolute atomic E-state index is 0.275. The molecule has 1 aromatic carbocycles. The van der Waals surface area contributed by atoms with Crippen molar-refractivity contribution in [2.24, 2.45) is 0 Å². The molecule has 1 rings (SSSR count). The first-order chi connectivity index (χ1) is 9.72. The lowest BCUT2D eigenvalue weighted by Gasteiger charge is -2.10. The fourth-order valence-electron chi connectivity index (χ4n) is 1.41. The Morgan fingerprint density at radius 3 is 2.45 bits per heavy atom. The van der Waals surface area contributed by atoms with Crippen molar-refractivity contribution in [3.8, 4) is 0 Å². The van der Waals surface area contributed by atoms with Crippen molar-refractivity contribution in [2.45, 2.75) is 20.5 Å². The van der Waals surface area contributed by atoms with Gasteiger partial charge < -0.3 is 9.47 Å². The average molecular weight is 274 g/mol. The molecule has 0 spiro atoms. The summed E-state index contributed by atoms with van der Waals surface area (Å²) in [7, 11) is 1.35. The van der Waals surface area contributed by atoms with Crippen molar-refractivity contribution in [3.05, 3.63) is 72.5 Å². The molecule has 1 aromatic rings. The molecule has 0 N–H and O–H groups in total. The summed E-state index contributed by atoms with van der Waals surface area (Å²) in [5.41, 5.74) is 1.27. The monoisotopic (exact) mass is 274 g/mol. The molecule has 3 nitrogen and oxygen atoms in total. The van der Waals surface area contributed by atoms with E-state index in [-0.39, 0.29) is 12.6 Å². The van der Waals surface area contributed by atoms with Gasteiger partial charge in [-0.3, -0.25) is 0 Å². The Morgan fingerprint density at radius 2 is 1.90 bits per heavy atom. The van der Waals surface area contributed by atoms with Crippen LogP contribution in [0.3, 0.4) is 0 Å². The Hall–Kier alpha value is -2.29. The van der Waals surface area contributed by atoms with Crippen molar-refractivity contribution in [1.82, 2.24) is 0 Å². The molecular formula is C17H22O3. The van der Waals surface area contributed by atoms with Gasteiger partial charge >= 0.3 is 5.97 Å². The van der Waals surface area contributed by atoms with Crippen LogP contribution in [0, 0.1) is 0 Å². The van der Waals surface area contributed by atoms with Crippen LogP contribution in [0.25, 0.3) is 0 Å². The third-order valence-corrected chi connectivity index (χ3v) is 2.30. The largest absolute Gasteiger partial charge is 0.489 e. The number of benzene rings is 1. The summed E-state index contributed by atoms with van der Waals surface area (Å²) in [6, 6.07) is 7.15. The van der Waals surface area contributed by atoms with E-state index in [0.717, 1.165) is 5.56 Å². The molecule has 0 aliphatic carbocycles. The molecule has 0 aromatic heterocycles. The second-order valence-electron chi connectivity index (χ2n) is 3.45. The number of allylic oxidation sites excluding steroid dienone is 3. The zero-order valence-electron chi connectivity index (χ0n) is 12.4. The molecule has 0 heterocycles. The van der Waals surface area contributed by atoms with Crippen LogP contribution in [0.4, 0.5) is 0 Å². The summed E-state index contributed by atoms with van der Waals surface area (Å²) in [5.74, 6) is 0.228. The summed E-state index contributed by atoms with van der Waals surface area (Å²) < 4.78 is 10.2. The van der Waals surface area contributed by atoms with Crippen molar-refractivity contribution in [2.75, 3.05) is 7.11 Å². The lowest BCUT2D eigenvalue weighted by molar-refractivity contribution is 0.0596. The molecule has 20 heavy (non-hydrogen) atoms. The quantitative estimate of drug-likeness (QED) is 0.441. The molecule has 0 aliphatic rings. The maximum atomic E-state index is 11.5. The van der Waals surface area contributed by atoms with Gasteiger partial charge in [0.25, 0.3) is 0 Å². The maximum Gasteiger partial charge on any atom is 0.338 e. The number of esters is 1. The Labute approximate surface area is 121 Å². The van der Waals surface area contributed by atoms with Gasteiger partial charge in [0.15, 0.2) is 0 Å². The van der Waals surface area contributed by atoms with Crippen molar-refractivity contribution in [1.29, 1.82) is 0 Å². The summed E-state index contributed by atoms with van der Waals surface area (Å²) in [4.78, 5) is 11.5. The predicted molar refractivity (Wildman–Crippen MR) is 82.4 cm³/mol. The molecule has 3 heteroatoms. The van der Waals surface area contributed by atoms with Gasteiger partial charge in [-0.2, -0.15) is 0 Å². The minimum Gasteiger partial charge on any atom is -0.489 e. The van der Waals surface area contributed by atoms with Gasteiger partial charge in [0.2, 0.25) is 0 Å². The van der Waals surface area contributed by atoms with E-state index in [0.29, 0.717) is 11.3 Å². The molecule has 0 aliphatic heterocycles. The van der Waals surface area contributed by atoms with Crippen LogP contribution in [0.2, 0.25) is 0 Å². The standard InChI is InChI=1S/C15H16O3.C2H6/c1-4-8-13(5-2)18-11-12-9-6-7-10-14(12)15(16)17-3;1-2/h4-10H,1-2,11H2,3H3;1-2H3/b13-8+;. The molecule has 0 radical (unpaired) electrons. The molecule has 0 bridgehead atoms. The number of carbonyl (C=O) groups is 1. The molecule has 0 amide bonds. The zero-order chi connectivity index (χ0) is 15.4. The second-order valence-corrected chi connectivity index (χ2v) is 3.45. The van der Waals surface area contributed by atoms with Gasteiger partial charge in [0.1, 0.15) is 12.4 Å². The van der Waals surface area contributed by atoms with Crippen molar-refractivity contribution >= 4 is 5.97 Å². The van der Waals surface area contributed by atoms with Crippen LogP contribution in [-0.4, -0.2) is 13.1 Å². The van der Waals surface area contributed by atoms with Gasteiger partial charge in [-0.1, -0.05) is 51.3 Å². The SMILES string of the molecule is C=C/C=C(\C=C)OCc1ccccc1C(=O)OC.CC. The summed E-state index contributed by atoms with van der Waals surface area (Å²) >= 11 is 0. The maximum absolute atomic E-state index is 11.5. The van der Waals surface area contributed by atoms with Crippen LogP contribution < -0.4 is 0 Å². The Bertz CT molecular complexity index is 473. The van der Waals surface area contributed by atoms with E-state index in [1.54, 1.807) is 30.4 Å². The topological polar surface area (TPSA) is 35.5 Å². The lowest BCUT2D eigenvalue weighted by atomic mass is 10.1. The van der Waals surface area contributed by atoms with E-state index in [4.69, 9.17) is 9.47 Å². The molecule has 0 atom stereocenters. The highest BCUT2D eigenvalue weighted by molar-refractivity contribution is 5.90. The van der Waals surface area contributed by atoms with E-state index < -0.39 is 0 Å². The van der Waals surface area contributed by atoms with Crippen LogP contribution in [0.15, 0.2) is 61.4 Å². The Morgan fingerprint density at radius 1 is 1.25 bits per heavy atom. The highest BCUT2D eigenvalue weighted by atomic mass is 16.5. The number of ether oxygens (including phenoxy) is 2. The number of hydrogen-bond donors (Lipinski definition) is 0. The van der Waals surface area contributed by atoms with Gasteiger partial charge in [-0.15, -0.1) is 0 Å². The summed E-state index contributed by atoms with van der Waals surface area (Å²) in [6.45, 7) is 11.5. The third kappa shape index (κ3) is 5.57. The first-order valence-electron chi connectivity index (χ1n) is 6.47. The first-order valence-corrected chi connectivity index (χ1v) is 6.47. The first kappa shape index (κ1) is 17.7. The Kier molecular flexibility index (Phi) is 9.40. The molecule has 0 saturated carbocycles. The number of hydrogen-bond acceptors (Lipinski definition) is 3. The van der Waals surface area contributed by atoms with E-state index >= 15 is 0 Å². The van der Waals surface area contributed by atoms with Gasteiger partial charge in [-0.25, -0.2) is 4.79 Å². The fourth-order valence-corrected chi connectivity index (χ4v) is 1.41. The molecular weight excluding hydrogens is 252 g/mol. The normalized spacial score (nSPS) is 9.85. The van der Waals surface area contributed by atoms with Gasteiger partial charge in [-0.05, 0) is 18.2 Å². The zero-order valence-corrected chi connectivity index (χ0v) is 12.4. The molecule has 0 unspecified atom stereocenters. The lowest BCUT2D eigenvalue weighted by Crippen LogP contribution is -2.06. The molecule has 0 fully saturated rings. The van der Waals surface area contributed by atoms with E-state index in [2.05, 4.69) is 13.2 Å². The summed E-state index contributed by atoms with van der Waals surface area (Å²) in [5, 5.41) is 0. The minimum atomic E-state index is -0.373. The van der Waals surface area contributed by atoms with Crippen LogP contribution in [0.5, 0.6) is 0 Å². The highest BCUT2D eigenvalue weighted by Crippen LogP contribution is 2.13. The van der Waals surface area contributed by atoms with Crippen molar-refractivity contribution < 1.29 is 14.3 Å². The Balaban J connectivity index is 0.00000172. The number of methoxy groups -OCH3 is 1. The van der Waals surface area contributed by atoms with Crippen LogP contribution in [0.1, 0.15) is 29.8 Å². The van der Waals surface area contributed by atoms with Gasteiger partial charge in [0, 0.05) is 5.56 Å². The average Bonchev–Trinajstić information content (AvgIpc) is 2.52. The fraction of sp³-hybridized carbons (Fsp3) is 0.235. The highest BCUT2D eigenvalue weighted by Gasteiger charge is 2.11. The second kappa shape index (κ2) is 10.6. The van der Waals surface area contributed by atoms with Gasteiger partial charge in [0.05, 0.1) is 12.7 Å². The number of carbonyl (C=O) groups excluding carboxylic acids is 1. The third-order valence-electron chi connectivity index (χ3n) is 2.30. The van der Waals surface area contributed by atoms with Crippen LogP contribution in [-0.2, 0) is 16.1 Å². The van der Waals surface area contributed by atoms with Crippen molar-refractivity contribution in [3.63, 3.8) is 0 Å². The predicted octanol–water partition coefficient (Wildman–Crippen LogP) is 4.27. The van der Waals surface area contributed by atoms with Crippen LogP contribution >= 0.6 is 0 Å². The summed E-state index contributed by atoms with van der Waals surface area (Å²) in [6.07, 6.45) is 4.90. The number of rotatable bonds is 6. The molecule has 108 valence electrons. The van der Waals surface area contributed by atoms with E-state index in [1.165, 1.54) is 7.11 Å². The van der Waals surface area contributed by atoms with E-state index in [1.807, 2.05) is 26.0 Å².